The van der Waals surface area contributed by atoms with Crippen LogP contribution in [0.15, 0.2) is 16.7 Å². The lowest BCUT2D eigenvalue weighted by molar-refractivity contribution is 0.301. The van der Waals surface area contributed by atoms with E-state index in [1.807, 2.05) is 12.3 Å². The summed E-state index contributed by atoms with van der Waals surface area (Å²) in [6, 6.07) is 1.93. The molecule has 2 N–H and O–H groups in total. The predicted molar refractivity (Wildman–Crippen MR) is 76.2 cm³/mol. The van der Waals surface area contributed by atoms with E-state index in [0.29, 0.717) is 5.41 Å². The van der Waals surface area contributed by atoms with Crippen molar-refractivity contribution in [2.45, 2.75) is 33.1 Å². The Morgan fingerprint density at radius 2 is 2.18 bits per heavy atom. The molecule has 1 fully saturated rings. The Balaban J connectivity index is 2.20. The van der Waals surface area contributed by atoms with Crippen molar-refractivity contribution in [3.8, 4) is 0 Å². The molecule has 0 bridgehead atoms. The Kier molecular flexibility index (Phi) is 3.61. The first-order valence-corrected chi connectivity index (χ1v) is 7.05. The normalized spacial score (nSPS) is 18.6. The lowest BCUT2D eigenvalue weighted by Crippen LogP contribution is -2.27. The number of nitrogens with two attached hydrogens (primary N) is 1. The number of halogens is 1. The van der Waals surface area contributed by atoms with E-state index in [4.69, 9.17) is 5.73 Å². The van der Waals surface area contributed by atoms with Crippen LogP contribution in [0.25, 0.3) is 0 Å². The molecule has 0 atom stereocenters. The van der Waals surface area contributed by atoms with Crippen LogP contribution in [-0.4, -0.2) is 18.1 Å². The predicted octanol–water partition coefficient (Wildman–Crippen LogP) is 3.44. The van der Waals surface area contributed by atoms with Crippen molar-refractivity contribution in [1.29, 1.82) is 0 Å². The van der Waals surface area contributed by atoms with Crippen molar-refractivity contribution in [1.82, 2.24) is 4.98 Å². The van der Waals surface area contributed by atoms with Gasteiger partial charge in [-0.3, -0.25) is 0 Å². The lowest BCUT2D eigenvalue weighted by atomic mass is 9.82. The number of pyridine rings is 1. The zero-order valence-electron chi connectivity index (χ0n) is 10.5. The monoisotopic (exact) mass is 297 g/mol. The molecular formula is C13H20BrN3. The number of hydrogen-bond acceptors (Lipinski definition) is 3. The van der Waals surface area contributed by atoms with Crippen molar-refractivity contribution in [3.63, 3.8) is 0 Å². The molecular weight excluding hydrogens is 278 g/mol. The van der Waals surface area contributed by atoms with Crippen LogP contribution in [0.4, 0.5) is 11.5 Å². The van der Waals surface area contributed by atoms with Crippen molar-refractivity contribution in [2.75, 3.05) is 23.7 Å². The van der Waals surface area contributed by atoms with Crippen molar-refractivity contribution < 1.29 is 0 Å². The van der Waals surface area contributed by atoms with Gasteiger partial charge in [0.1, 0.15) is 0 Å². The first-order valence-electron chi connectivity index (χ1n) is 6.26. The molecule has 4 heteroatoms. The third-order valence-corrected chi connectivity index (χ3v) is 4.53. The molecule has 0 radical (unpaired) electrons. The number of rotatable bonds is 3. The standard InChI is InChI=1S/C13H20BrN3/c1-3-13(4-2)5-6-17(9-13)12-11(15)7-10(14)8-16-12/h7-8H,3-6,9,15H2,1-2H3. The minimum atomic E-state index is 0.460. The molecule has 0 aromatic carbocycles. The summed E-state index contributed by atoms with van der Waals surface area (Å²) in [5.74, 6) is 0.942. The van der Waals surface area contributed by atoms with Crippen LogP contribution in [0.2, 0.25) is 0 Å². The van der Waals surface area contributed by atoms with E-state index in [0.717, 1.165) is 29.1 Å². The van der Waals surface area contributed by atoms with Gasteiger partial charge in [-0.05, 0) is 46.7 Å². The van der Waals surface area contributed by atoms with Crippen molar-refractivity contribution in [2.24, 2.45) is 5.41 Å². The van der Waals surface area contributed by atoms with Gasteiger partial charge in [-0.1, -0.05) is 13.8 Å². The highest BCUT2D eigenvalue weighted by Gasteiger charge is 2.35. The fourth-order valence-electron chi connectivity index (χ4n) is 2.66. The molecule has 0 amide bonds. The zero-order valence-corrected chi connectivity index (χ0v) is 12.1. The third-order valence-electron chi connectivity index (χ3n) is 4.10. The van der Waals surface area contributed by atoms with Crippen LogP contribution < -0.4 is 10.6 Å². The first-order chi connectivity index (χ1) is 8.10. The van der Waals surface area contributed by atoms with E-state index in [-0.39, 0.29) is 0 Å². The summed E-state index contributed by atoms with van der Waals surface area (Å²) in [5, 5.41) is 0. The molecule has 1 aliphatic rings. The molecule has 94 valence electrons. The average molecular weight is 298 g/mol. The highest BCUT2D eigenvalue weighted by molar-refractivity contribution is 9.10. The van der Waals surface area contributed by atoms with Gasteiger partial charge in [0.05, 0.1) is 5.69 Å². The third kappa shape index (κ3) is 2.41. The second kappa shape index (κ2) is 4.84. The Bertz CT molecular complexity index is 402. The van der Waals surface area contributed by atoms with Crippen LogP contribution in [0.3, 0.4) is 0 Å². The second-order valence-electron chi connectivity index (χ2n) is 4.95. The van der Waals surface area contributed by atoms with E-state index >= 15 is 0 Å². The van der Waals surface area contributed by atoms with Gasteiger partial charge < -0.3 is 10.6 Å². The van der Waals surface area contributed by atoms with Gasteiger partial charge in [0, 0.05) is 23.8 Å². The maximum Gasteiger partial charge on any atom is 0.151 e. The molecule has 1 aromatic rings. The van der Waals surface area contributed by atoms with Crippen molar-refractivity contribution >= 4 is 27.4 Å². The van der Waals surface area contributed by atoms with Gasteiger partial charge in [0.25, 0.3) is 0 Å². The number of nitrogen functional groups attached to an aromatic ring is 1. The molecule has 3 nitrogen and oxygen atoms in total. The summed E-state index contributed by atoms with van der Waals surface area (Å²) in [4.78, 5) is 6.78. The van der Waals surface area contributed by atoms with Gasteiger partial charge in [-0.15, -0.1) is 0 Å². The molecule has 0 unspecified atom stereocenters. The highest BCUT2D eigenvalue weighted by Crippen LogP contribution is 2.39. The van der Waals surface area contributed by atoms with Gasteiger partial charge in [0.15, 0.2) is 5.82 Å². The molecule has 2 heterocycles. The van der Waals surface area contributed by atoms with Gasteiger partial charge in [0.2, 0.25) is 0 Å². The first kappa shape index (κ1) is 12.7. The lowest BCUT2D eigenvalue weighted by Gasteiger charge is -2.27. The molecule has 17 heavy (non-hydrogen) atoms. The number of aromatic nitrogens is 1. The fraction of sp³-hybridized carbons (Fsp3) is 0.615. The Labute approximate surface area is 112 Å². The summed E-state index contributed by atoms with van der Waals surface area (Å²) in [6.45, 7) is 6.72. The number of nitrogens with zero attached hydrogens (tertiary/aromatic N) is 2. The SMILES string of the molecule is CCC1(CC)CCN(c2ncc(Br)cc2N)C1. The Morgan fingerprint density at radius 1 is 1.47 bits per heavy atom. The van der Waals surface area contributed by atoms with Crippen LogP contribution in [0.5, 0.6) is 0 Å². The van der Waals surface area contributed by atoms with Crippen LogP contribution in [0, 0.1) is 5.41 Å². The Morgan fingerprint density at radius 3 is 2.71 bits per heavy atom. The quantitative estimate of drug-likeness (QED) is 0.929. The van der Waals surface area contributed by atoms with E-state index in [1.54, 1.807) is 0 Å². The maximum atomic E-state index is 6.04. The van der Waals surface area contributed by atoms with Crippen LogP contribution in [0.1, 0.15) is 33.1 Å². The van der Waals surface area contributed by atoms with E-state index in [2.05, 4.69) is 39.7 Å². The maximum absolute atomic E-state index is 6.04. The zero-order chi connectivity index (χ0) is 12.5. The largest absolute Gasteiger partial charge is 0.396 e. The second-order valence-corrected chi connectivity index (χ2v) is 5.86. The molecule has 1 saturated heterocycles. The topological polar surface area (TPSA) is 42.2 Å². The number of hydrogen-bond donors (Lipinski definition) is 1. The Hall–Kier alpha value is -0.770. The molecule has 1 aliphatic heterocycles. The van der Waals surface area contributed by atoms with E-state index in [9.17, 15) is 0 Å². The van der Waals surface area contributed by atoms with Gasteiger partial charge in [-0.2, -0.15) is 0 Å². The summed E-state index contributed by atoms with van der Waals surface area (Å²) in [6.07, 6.45) is 5.54. The summed E-state index contributed by atoms with van der Waals surface area (Å²) in [7, 11) is 0. The molecule has 0 saturated carbocycles. The van der Waals surface area contributed by atoms with Gasteiger partial charge in [-0.25, -0.2) is 4.98 Å². The van der Waals surface area contributed by atoms with E-state index < -0.39 is 0 Å². The van der Waals surface area contributed by atoms with Crippen molar-refractivity contribution in [3.05, 3.63) is 16.7 Å². The number of anilines is 2. The minimum absolute atomic E-state index is 0.460. The summed E-state index contributed by atoms with van der Waals surface area (Å²) in [5.41, 5.74) is 7.26. The highest BCUT2D eigenvalue weighted by atomic mass is 79.9. The summed E-state index contributed by atoms with van der Waals surface area (Å²) < 4.78 is 0.940. The van der Waals surface area contributed by atoms with E-state index in [1.165, 1.54) is 19.3 Å². The average Bonchev–Trinajstić information content (AvgIpc) is 2.74. The molecule has 0 aliphatic carbocycles. The molecule has 2 rings (SSSR count). The van der Waals surface area contributed by atoms with Crippen LogP contribution >= 0.6 is 15.9 Å². The van der Waals surface area contributed by atoms with Gasteiger partial charge >= 0.3 is 0 Å². The molecule has 1 aromatic heterocycles. The minimum Gasteiger partial charge on any atom is -0.396 e. The van der Waals surface area contributed by atoms with Crippen LogP contribution in [-0.2, 0) is 0 Å². The molecule has 0 spiro atoms. The fourth-order valence-corrected chi connectivity index (χ4v) is 3.00. The smallest absolute Gasteiger partial charge is 0.151 e. The summed E-state index contributed by atoms with van der Waals surface area (Å²) >= 11 is 3.39.